The summed E-state index contributed by atoms with van der Waals surface area (Å²) in [7, 11) is 0. The van der Waals surface area contributed by atoms with Crippen molar-refractivity contribution >= 4 is 11.9 Å². The van der Waals surface area contributed by atoms with Crippen LogP contribution < -0.4 is 0 Å². The SMILES string of the molecule is CCCCCC=CCC=CCC=CCC=CCCCC(=O)OCC(CO)OC(=O)CCCCCCCCCCCCCCCCCCCCCCC. The van der Waals surface area contributed by atoms with Crippen LogP contribution in [0.5, 0.6) is 0 Å². The molecule has 0 aromatic rings. The van der Waals surface area contributed by atoms with Gasteiger partial charge in [-0.1, -0.05) is 204 Å². The maximum Gasteiger partial charge on any atom is 0.306 e. The zero-order valence-corrected chi connectivity index (χ0v) is 34.3. The van der Waals surface area contributed by atoms with E-state index in [0.29, 0.717) is 19.3 Å². The molecule has 5 heteroatoms. The number of esters is 2. The maximum absolute atomic E-state index is 12.2. The topological polar surface area (TPSA) is 72.8 Å². The quantitative estimate of drug-likeness (QED) is 0.0386. The predicted octanol–water partition coefficient (Wildman–Crippen LogP) is 14.2. The van der Waals surface area contributed by atoms with E-state index in [0.717, 1.165) is 44.9 Å². The third-order valence-electron chi connectivity index (χ3n) is 9.63. The zero-order valence-electron chi connectivity index (χ0n) is 34.3. The molecule has 0 aliphatic rings. The third-order valence-corrected chi connectivity index (χ3v) is 9.63. The molecule has 0 rings (SSSR count). The van der Waals surface area contributed by atoms with Crippen molar-refractivity contribution in [2.45, 2.75) is 225 Å². The van der Waals surface area contributed by atoms with Crippen molar-refractivity contribution in [2.24, 2.45) is 0 Å². The first-order chi connectivity index (χ1) is 25.6. The summed E-state index contributed by atoms with van der Waals surface area (Å²) in [5.41, 5.74) is 0. The summed E-state index contributed by atoms with van der Waals surface area (Å²) in [5, 5.41) is 9.58. The molecule has 0 aliphatic heterocycles. The van der Waals surface area contributed by atoms with E-state index in [2.05, 4.69) is 62.5 Å². The van der Waals surface area contributed by atoms with Gasteiger partial charge in [0.15, 0.2) is 6.10 Å². The van der Waals surface area contributed by atoms with Crippen LogP contribution in [0.1, 0.15) is 219 Å². The summed E-state index contributed by atoms with van der Waals surface area (Å²) in [6, 6.07) is 0. The maximum atomic E-state index is 12.2. The number of ether oxygens (including phenoxy) is 2. The fourth-order valence-corrected chi connectivity index (χ4v) is 6.25. The molecule has 1 unspecified atom stereocenters. The standard InChI is InChI=1S/C47H84O5/c1-3-5-7-9-11-13-15-17-19-21-22-23-24-26-28-30-32-34-36-38-40-42-47(50)52-45(43-48)44-51-46(49)41-39-37-35-33-31-29-27-25-20-18-16-14-12-10-8-6-4-2/h12,14,18,20,27,29,33,35,45,48H,3-11,13,15-17,19,21-26,28,30-32,34,36-44H2,1-2H3. The molecule has 0 aromatic carbocycles. The number of hydrogen-bond acceptors (Lipinski definition) is 5. The Kier molecular flexibility index (Phi) is 41.5. The normalized spacial score (nSPS) is 12.6. The third kappa shape index (κ3) is 40.6. The van der Waals surface area contributed by atoms with Crippen LogP contribution in [0.3, 0.4) is 0 Å². The second kappa shape index (κ2) is 43.3. The van der Waals surface area contributed by atoms with E-state index in [1.165, 1.54) is 141 Å². The smallest absolute Gasteiger partial charge is 0.306 e. The molecule has 1 atom stereocenters. The van der Waals surface area contributed by atoms with Gasteiger partial charge in [0.25, 0.3) is 0 Å². The van der Waals surface area contributed by atoms with Crippen LogP contribution in [0.15, 0.2) is 48.6 Å². The minimum atomic E-state index is -0.792. The Morgan fingerprint density at radius 3 is 1.21 bits per heavy atom. The lowest BCUT2D eigenvalue weighted by atomic mass is 10.0. The molecule has 0 saturated carbocycles. The van der Waals surface area contributed by atoms with Gasteiger partial charge in [0, 0.05) is 12.8 Å². The average Bonchev–Trinajstić information content (AvgIpc) is 3.15. The summed E-state index contributed by atoms with van der Waals surface area (Å²) in [6.07, 6.45) is 54.8. The van der Waals surface area contributed by atoms with Crippen LogP contribution in [-0.2, 0) is 19.1 Å². The van der Waals surface area contributed by atoms with Crippen molar-refractivity contribution in [1.82, 2.24) is 0 Å². The van der Waals surface area contributed by atoms with Crippen molar-refractivity contribution in [3.05, 3.63) is 48.6 Å². The largest absolute Gasteiger partial charge is 0.462 e. The van der Waals surface area contributed by atoms with Gasteiger partial charge in [0.2, 0.25) is 0 Å². The van der Waals surface area contributed by atoms with Gasteiger partial charge in [-0.05, 0) is 51.4 Å². The number of carbonyl (C=O) groups excluding carboxylic acids is 2. The van der Waals surface area contributed by atoms with Crippen LogP contribution in [0.4, 0.5) is 0 Å². The fraction of sp³-hybridized carbons (Fsp3) is 0.787. The summed E-state index contributed by atoms with van der Waals surface area (Å²) in [4.78, 5) is 24.3. The Morgan fingerprint density at radius 1 is 0.442 bits per heavy atom. The van der Waals surface area contributed by atoms with Crippen LogP contribution in [0.25, 0.3) is 0 Å². The van der Waals surface area contributed by atoms with E-state index >= 15 is 0 Å². The van der Waals surface area contributed by atoms with Gasteiger partial charge in [0.05, 0.1) is 6.61 Å². The molecule has 0 saturated heterocycles. The molecule has 0 aromatic heterocycles. The number of rotatable bonds is 40. The Balaban J connectivity index is 3.58. The number of hydrogen-bond donors (Lipinski definition) is 1. The highest BCUT2D eigenvalue weighted by atomic mass is 16.6. The molecule has 0 aliphatic carbocycles. The van der Waals surface area contributed by atoms with Crippen molar-refractivity contribution in [1.29, 1.82) is 0 Å². The number of allylic oxidation sites excluding steroid dienone is 8. The van der Waals surface area contributed by atoms with Crippen LogP contribution in [0, 0.1) is 0 Å². The summed E-state index contributed by atoms with van der Waals surface area (Å²) < 4.78 is 10.6. The lowest BCUT2D eigenvalue weighted by molar-refractivity contribution is -0.161. The number of carbonyl (C=O) groups is 2. The number of unbranched alkanes of at least 4 members (excludes halogenated alkanes) is 24. The lowest BCUT2D eigenvalue weighted by Gasteiger charge is -2.15. The first-order valence-corrected chi connectivity index (χ1v) is 22.2. The van der Waals surface area contributed by atoms with E-state index in [1.807, 2.05) is 0 Å². The molecule has 302 valence electrons. The van der Waals surface area contributed by atoms with Gasteiger partial charge >= 0.3 is 11.9 Å². The van der Waals surface area contributed by atoms with Crippen molar-refractivity contribution < 1.29 is 24.2 Å². The molecule has 0 fully saturated rings. The first-order valence-electron chi connectivity index (χ1n) is 22.2. The Labute approximate surface area is 322 Å². The zero-order chi connectivity index (χ0) is 37.8. The second-order valence-electron chi connectivity index (χ2n) is 14.8. The Bertz CT molecular complexity index is 873. The summed E-state index contributed by atoms with van der Waals surface area (Å²) in [5.74, 6) is -0.650. The van der Waals surface area contributed by atoms with Crippen molar-refractivity contribution in [3.63, 3.8) is 0 Å². The van der Waals surface area contributed by atoms with E-state index in [-0.39, 0.29) is 25.2 Å². The molecule has 5 nitrogen and oxygen atoms in total. The molecule has 0 bridgehead atoms. The van der Waals surface area contributed by atoms with Gasteiger partial charge in [-0.3, -0.25) is 9.59 Å². The summed E-state index contributed by atoms with van der Waals surface area (Å²) in [6.45, 7) is 4.08. The predicted molar refractivity (Wildman–Crippen MR) is 224 cm³/mol. The summed E-state index contributed by atoms with van der Waals surface area (Å²) >= 11 is 0. The number of aliphatic hydroxyl groups is 1. The van der Waals surface area contributed by atoms with E-state index in [9.17, 15) is 14.7 Å². The molecule has 0 spiro atoms. The highest BCUT2D eigenvalue weighted by Gasteiger charge is 2.16. The van der Waals surface area contributed by atoms with Gasteiger partial charge in [-0.15, -0.1) is 0 Å². The van der Waals surface area contributed by atoms with Gasteiger partial charge < -0.3 is 14.6 Å². The molecule has 0 amide bonds. The highest BCUT2D eigenvalue weighted by Crippen LogP contribution is 2.15. The number of aliphatic hydroxyl groups excluding tert-OH is 1. The highest BCUT2D eigenvalue weighted by molar-refractivity contribution is 5.70. The molecular formula is C47H84O5. The average molecular weight is 729 g/mol. The molecule has 1 N–H and O–H groups in total. The van der Waals surface area contributed by atoms with Crippen molar-refractivity contribution in [3.8, 4) is 0 Å². The van der Waals surface area contributed by atoms with E-state index < -0.39 is 6.10 Å². The second-order valence-corrected chi connectivity index (χ2v) is 14.8. The first kappa shape index (κ1) is 49.9. The Morgan fingerprint density at radius 2 is 0.788 bits per heavy atom. The molecular weight excluding hydrogens is 645 g/mol. The molecule has 52 heavy (non-hydrogen) atoms. The Hall–Kier alpha value is -2.14. The molecule has 0 heterocycles. The van der Waals surface area contributed by atoms with Crippen LogP contribution >= 0.6 is 0 Å². The molecule has 0 radical (unpaired) electrons. The minimum absolute atomic E-state index is 0.0926. The van der Waals surface area contributed by atoms with Crippen LogP contribution in [0.2, 0.25) is 0 Å². The van der Waals surface area contributed by atoms with Gasteiger partial charge in [0.1, 0.15) is 6.61 Å². The van der Waals surface area contributed by atoms with Gasteiger partial charge in [-0.2, -0.15) is 0 Å². The van der Waals surface area contributed by atoms with Crippen LogP contribution in [-0.4, -0.2) is 36.4 Å². The van der Waals surface area contributed by atoms with E-state index in [1.54, 1.807) is 0 Å². The monoisotopic (exact) mass is 729 g/mol. The minimum Gasteiger partial charge on any atom is -0.462 e. The van der Waals surface area contributed by atoms with Gasteiger partial charge in [-0.25, -0.2) is 0 Å². The van der Waals surface area contributed by atoms with E-state index in [4.69, 9.17) is 9.47 Å². The lowest BCUT2D eigenvalue weighted by Crippen LogP contribution is -2.28. The van der Waals surface area contributed by atoms with Crippen molar-refractivity contribution in [2.75, 3.05) is 13.2 Å². The fourth-order valence-electron chi connectivity index (χ4n) is 6.25.